The van der Waals surface area contributed by atoms with Gasteiger partial charge in [0, 0.05) is 13.0 Å². The van der Waals surface area contributed by atoms with E-state index in [0.717, 1.165) is 12.4 Å². The summed E-state index contributed by atoms with van der Waals surface area (Å²) in [6.07, 6.45) is 10.4. The molecule has 19 heavy (non-hydrogen) atoms. The minimum absolute atomic E-state index is 0.594. The molecule has 0 atom stereocenters. The van der Waals surface area contributed by atoms with Gasteiger partial charge < -0.3 is 9.84 Å². The first-order valence-corrected chi connectivity index (χ1v) is 7.78. The number of rotatable bonds is 11. The van der Waals surface area contributed by atoms with E-state index in [1.807, 2.05) is 6.92 Å². The Labute approximate surface area is 117 Å². The molecule has 0 aromatic carbocycles. The summed E-state index contributed by atoms with van der Waals surface area (Å²) in [4.78, 5) is 4.24. The Kier molecular flexibility index (Phi) is 8.47. The average molecular weight is 267 g/mol. The predicted molar refractivity (Wildman–Crippen MR) is 77.9 cm³/mol. The Balaban J connectivity index is 2.29. The van der Waals surface area contributed by atoms with E-state index in [1.54, 1.807) is 0 Å². The lowest BCUT2D eigenvalue weighted by Crippen LogP contribution is -2.29. The molecule has 110 valence electrons. The molecule has 4 nitrogen and oxygen atoms in total. The van der Waals surface area contributed by atoms with Crippen LogP contribution in [0.1, 0.15) is 76.9 Å². The third-order valence-electron chi connectivity index (χ3n) is 3.43. The van der Waals surface area contributed by atoms with Crippen molar-refractivity contribution in [3.63, 3.8) is 0 Å². The highest BCUT2D eigenvalue weighted by Gasteiger charge is 2.09. The maximum absolute atomic E-state index is 4.99. The van der Waals surface area contributed by atoms with Gasteiger partial charge in [0.2, 0.25) is 5.89 Å². The molecule has 0 unspecified atom stereocenters. The smallest absolute Gasteiger partial charge is 0.223 e. The lowest BCUT2D eigenvalue weighted by Gasteiger charge is -2.17. The third kappa shape index (κ3) is 7.31. The molecule has 0 spiro atoms. The topological polar surface area (TPSA) is 51.0 Å². The number of aryl methyl sites for hydroxylation is 1. The van der Waals surface area contributed by atoms with Crippen molar-refractivity contribution in [1.29, 1.82) is 0 Å². The number of hydrogen-bond acceptors (Lipinski definition) is 4. The fourth-order valence-corrected chi connectivity index (χ4v) is 2.28. The molecule has 4 heteroatoms. The van der Waals surface area contributed by atoms with Crippen molar-refractivity contribution in [3.05, 3.63) is 11.7 Å². The van der Waals surface area contributed by atoms with Gasteiger partial charge in [0.15, 0.2) is 5.82 Å². The van der Waals surface area contributed by atoms with Crippen LogP contribution in [0.2, 0.25) is 0 Å². The molecular formula is C15H29N3O. The van der Waals surface area contributed by atoms with Crippen molar-refractivity contribution in [1.82, 2.24) is 15.5 Å². The molecule has 0 bridgehead atoms. The van der Waals surface area contributed by atoms with Crippen molar-refractivity contribution in [2.24, 2.45) is 0 Å². The molecule has 0 saturated carbocycles. The van der Waals surface area contributed by atoms with E-state index in [1.165, 1.54) is 51.4 Å². The Hall–Kier alpha value is -0.900. The Morgan fingerprint density at radius 3 is 2.16 bits per heavy atom. The molecule has 0 amide bonds. The van der Waals surface area contributed by atoms with Gasteiger partial charge in [-0.3, -0.25) is 0 Å². The molecule has 1 rings (SSSR count). The van der Waals surface area contributed by atoms with Gasteiger partial charge in [-0.2, -0.15) is 4.98 Å². The third-order valence-corrected chi connectivity index (χ3v) is 3.43. The zero-order valence-electron chi connectivity index (χ0n) is 12.7. The highest BCUT2D eigenvalue weighted by Crippen LogP contribution is 2.11. The first kappa shape index (κ1) is 16.2. The quantitative estimate of drug-likeness (QED) is 0.616. The highest BCUT2D eigenvalue weighted by molar-refractivity contribution is 4.84. The van der Waals surface area contributed by atoms with Crippen LogP contribution in [0, 0.1) is 6.92 Å². The van der Waals surface area contributed by atoms with Crippen LogP contribution in [0.4, 0.5) is 0 Å². The molecule has 0 aliphatic rings. The maximum atomic E-state index is 4.99. The second kappa shape index (κ2) is 9.96. The van der Waals surface area contributed by atoms with Crippen LogP contribution in [-0.4, -0.2) is 16.2 Å². The van der Waals surface area contributed by atoms with Gasteiger partial charge >= 0.3 is 0 Å². The van der Waals surface area contributed by atoms with E-state index in [-0.39, 0.29) is 0 Å². The molecule has 1 heterocycles. The van der Waals surface area contributed by atoms with Gasteiger partial charge in [0.1, 0.15) is 0 Å². The SMILES string of the molecule is CCCCCC(CCCCC)NCc1noc(C)n1. The van der Waals surface area contributed by atoms with Gasteiger partial charge in [-0.05, 0) is 12.8 Å². The van der Waals surface area contributed by atoms with Crippen LogP contribution in [0.3, 0.4) is 0 Å². The van der Waals surface area contributed by atoms with Crippen LogP contribution in [0.15, 0.2) is 4.52 Å². The van der Waals surface area contributed by atoms with Gasteiger partial charge in [-0.15, -0.1) is 0 Å². The van der Waals surface area contributed by atoms with E-state index >= 15 is 0 Å². The van der Waals surface area contributed by atoms with Gasteiger partial charge in [-0.25, -0.2) is 0 Å². The van der Waals surface area contributed by atoms with Crippen molar-refractivity contribution < 1.29 is 4.52 Å². The summed E-state index contributed by atoms with van der Waals surface area (Å²) in [7, 11) is 0. The van der Waals surface area contributed by atoms with Crippen molar-refractivity contribution in [2.75, 3.05) is 0 Å². The van der Waals surface area contributed by atoms with Crippen molar-refractivity contribution >= 4 is 0 Å². The number of aromatic nitrogens is 2. The molecule has 0 aliphatic heterocycles. The van der Waals surface area contributed by atoms with Crippen LogP contribution < -0.4 is 5.32 Å². The zero-order chi connectivity index (χ0) is 13.9. The van der Waals surface area contributed by atoms with Crippen LogP contribution in [0.5, 0.6) is 0 Å². The lowest BCUT2D eigenvalue weighted by molar-refractivity contribution is 0.376. The highest BCUT2D eigenvalue weighted by atomic mass is 16.5. The molecule has 1 aromatic heterocycles. The Bertz CT molecular complexity index is 315. The summed E-state index contributed by atoms with van der Waals surface area (Å²) in [5.41, 5.74) is 0. The van der Waals surface area contributed by atoms with E-state index < -0.39 is 0 Å². The summed E-state index contributed by atoms with van der Waals surface area (Å²) < 4.78 is 4.99. The molecule has 1 N–H and O–H groups in total. The van der Waals surface area contributed by atoms with E-state index in [0.29, 0.717) is 11.9 Å². The molecular weight excluding hydrogens is 238 g/mol. The fraction of sp³-hybridized carbons (Fsp3) is 0.867. The monoisotopic (exact) mass is 267 g/mol. The van der Waals surface area contributed by atoms with Crippen molar-refractivity contribution in [2.45, 2.75) is 84.7 Å². The largest absolute Gasteiger partial charge is 0.340 e. The van der Waals surface area contributed by atoms with Gasteiger partial charge in [0.25, 0.3) is 0 Å². The first-order valence-electron chi connectivity index (χ1n) is 7.78. The van der Waals surface area contributed by atoms with Crippen LogP contribution in [-0.2, 0) is 6.54 Å². The minimum Gasteiger partial charge on any atom is -0.340 e. The number of nitrogens with zero attached hydrogens (tertiary/aromatic N) is 2. The summed E-state index contributed by atoms with van der Waals surface area (Å²) in [6.45, 7) is 7.06. The predicted octanol–water partition coefficient (Wildman–Crippen LogP) is 4.00. The number of hydrogen-bond donors (Lipinski definition) is 1. The van der Waals surface area contributed by atoms with E-state index in [9.17, 15) is 0 Å². The number of unbranched alkanes of at least 4 members (excludes halogenated alkanes) is 4. The van der Waals surface area contributed by atoms with Gasteiger partial charge in [-0.1, -0.05) is 57.5 Å². The zero-order valence-corrected chi connectivity index (χ0v) is 12.7. The van der Waals surface area contributed by atoms with Crippen LogP contribution >= 0.6 is 0 Å². The van der Waals surface area contributed by atoms with Gasteiger partial charge in [0.05, 0.1) is 6.54 Å². The summed E-state index contributed by atoms with van der Waals surface area (Å²) in [5, 5.41) is 7.51. The summed E-state index contributed by atoms with van der Waals surface area (Å²) in [5.74, 6) is 1.42. The molecule has 1 aromatic rings. The molecule has 0 fully saturated rings. The first-order chi connectivity index (χ1) is 9.26. The second-order valence-corrected chi connectivity index (χ2v) is 5.30. The number of nitrogens with one attached hydrogen (secondary N) is 1. The van der Waals surface area contributed by atoms with E-state index in [2.05, 4.69) is 29.3 Å². The van der Waals surface area contributed by atoms with E-state index in [4.69, 9.17) is 4.52 Å². The van der Waals surface area contributed by atoms with Crippen LogP contribution in [0.25, 0.3) is 0 Å². The maximum Gasteiger partial charge on any atom is 0.223 e. The molecule has 0 saturated heterocycles. The normalized spacial score (nSPS) is 11.4. The standard InChI is InChI=1S/C15H29N3O/c1-4-6-8-10-14(11-9-7-5-2)16-12-15-17-13(3)19-18-15/h14,16H,4-12H2,1-3H3. The second-order valence-electron chi connectivity index (χ2n) is 5.30. The lowest BCUT2D eigenvalue weighted by atomic mass is 10.0. The minimum atomic E-state index is 0.594. The average Bonchev–Trinajstić information content (AvgIpc) is 2.81. The molecule has 0 radical (unpaired) electrons. The summed E-state index contributed by atoms with van der Waals surface area (Å²) in [6, 6.07) is 0.594. The van der Waals surface area contributed by atoms with Crippen molar-refractivity contribution in [3.8, 4) is 0 Å². The summed E-state index contributed by atoms with van der Waals surface area (Å²) >= 11 is 0. The fourth-order valence-electron chi connectivity index (χ4n) is 2.28. The molecule has 0 aliphatic carbocycles. The Morgan fingerprint density at radius 1 is 1.05 bits per heavy atom. The Morgan fingerprint density at radius 2 is 1.68 bits per heavy atom.